The van der Waals surface area contributed by atoms with Gasteiger partial charge in [-0.1, -0.05) is 12.8 Å². The van der Waals surface area contributed by atoms with Gasteiger partial charge < -0.3 is 0 Å². The van der Waals surface area contributed by atoms with Gasteiger partial charge in [0.15, 0.2) is 5.65 Å². The second-order valence-corrected chi connectivity index (χ2v) is 7.50. The van der Waals surface area contributed by atoms with Crippen molar-refractivity contribution in [2.24, 2.45) is 20.0 Å². The van der Waals surface area contributed by atoms with Crippen LogP contribution in [-0.2, 0) is 24.1 Å². The van der Waals surface area contributed by atoms with Crippen LogP contribution < -0.4 is 16.0 Å². The van der Waals surface area contributed by atoms with Crippen LogP contribution in [0.1, 0.15) is 19.3 Å². The minimum Gasteiger partial charge on any atom is -0.279 e. The van der Waals surface area contributed by atoms with Crippen molar-refractivity contribution in [1.29, 1.82) is 0 Å². The third-order valence-electron chi connectivity index (χ3n) is 3.91. The molecule has 10 heteroatoms. The number of aromatic nitrogens is 4. The van der Waals surface area contributed by atoms with Gasteiger partial charge in [-0.15, -0.1) is 0 Å². The van der Waals surface area contributed by atoms with E-state index < -0.39 is 21.3 Å². The number of hydrogen-bond acceptors (Lipinski definition) is 5. The van der Waals surface area contributed by atoms with Crippen molar-refractivity contribution in [2.45, 2.75) is 19.3 Å². The first-order chi connectivity index (χ1) is 10.3. The second-order valence-electron chi connectivity index (χ2n) is 5.66. The minimum absolute atomic E-state index is 0.00185. The van der Waals surface area contributed by atoms with Gasteiger partial charge in [-0.05, 0) is 12.3 Å². The number of anilines is 1. The highest BCUT2D eigenvalue weighted by atomic mass is 32.2. The highest BCUT2D eigenvalue weighted by molar-refractivity contribution is 7.92. The number of rotatable bonds is 5. The fourth-order valence-electron chi connectivity index (χ4n) is 2.36. The van der Waals surface area contributed by atoms with Crippen LogP contribution in [0, 0.1) is 5.92 Å². The Morgan fingerprint density at radius 1 is 1.27 bits per heavy atom. The summed E-state index contributed by atoms with van der Waals surface area (Å²) < 4.78 is 28.6. The van der Waals surface area contributed by atoms with E-state index in [1.807, 2.05) is 0 Å². The van der Waals surface area contributed by atoms with E-state index in [1.165, 1.54) is 18.7 Å². The Morgan fingerprint density at radius 2 is 1.95 bits per heavy atom. The third kappa shape index (κ3) is 2.54. The second kappa shape index (κ2) is 4.97. The molecule has 2 aromatic rings. The smallest absolute Gasteiger partial charge is 0.279 e. The van der Waals surface area contributed by atoms with Crippen LogP contribution in [0.15, 0.2) is 9.59 Å². The van der Waals surface area contributed by atoms with E-state index in [4.69, 9.17) is 0 Å². The summed E-state index contributed by atoms with van der Waals surface area (Å²) in [5.41, 5.74) is -0.994. The lowest BCUT2D eigenvalue weighted by Gasteiger charge is -2.06. The van der Waals surface area contributed by atoms with E-state index in [-0.39, 0.29) is 22.6 Å². The predicted molar refractivity (Wildman–Crippen MR) is 81.3 cm³/mol. The molecule has 0 atom stereocenters. The quantitative estimate of drug-likeness (QED) is 0.767. The first-order valence-electron chi connectivity index (χ1n) is 6.95. The number of H-pyrrole nitrogens is 1. The van der Waals surface area contributed by atoms with E-state index in [1.54, 1.807) is 0 Å². The molecule has 1 saturated carbocycles. The maximum absolute atomic E-state index is 12.2. The van der Waals surface area contributed by atoms with Crippen molar-refractivity contribution in [3.63, 3.8) is 0 Å². The number of nitrogens with one attached hydrogen (secondary N) is 2. The first-order valence-corrected chi connectivity index (χ1v) is 8.60. The van der Waals surface area contributed by atoms with Crippen molar-refractivity contribution in [3.05, 3.63) is 20.8 Å². The molecule has 2 heterocycles. The summed E-state index contributed by atoms with van der Waals surface area (Å²) in [5.74, 6) is 0.496. The predicted octanol–water partition coefficient (Wildman–Crippen LogP) is -0.498. The van der Waals surface area contributed by atoms with Crippen LogP contribution in [0.5, 0.6) is 0 Å². The first kappa shape index (κ1) is 14.8. The highest BCUT2D eigenvalue weighted by Crippen LogP contribution is 2.32. The highest BCUT2D eigenvalue weighted by Gasteiger charge is 2.25. The van der Waals surface area contributed by atoms with Crippen molar-refractivity contribution in [2.75, 3.05) is 10.5 Å². The normalized spacial score (nSPS) is 15.4. The van der Waals surface area contributed by atoms with Gasteiger partial charge in [0.2, 0.25) is 10.0 Å². The summed E-state index contributed by atoms with van der Waals surface area (Å²) in [5, 5.41) is 6.42. The van der Waals surface area contributed by atoms with E-state index in [0.717, 1.165) is 17.4 Å². The molecule has 0 amide bonds. The molecule has 120 valence electrons. The number of hydrogen-bond donors (Lipinski definition) is 2. The minimum atomic E-state index is -3.56. The molecule has 0 unspecified atom stereocenters. The summed E-state index contributed by atoms with van der Waals surface area (Å²) in [4.78, 5) is 24.0. The lowest BCUT2D eigenvalue weighted by Crippen LogP contribution is -2.37. The fourth-order valence-corrected chi connectivity index (χ4v) is 3.56. The monoisotopic (exact) mass is 327 g/mol. The zero-order valence-electron chi connectivity index (χ0n) is 12.3. The van der Waals surface area contributed by atoms with Crippen molar-refractivity contribution in [3.8, 4) is 0 Å². The zero-order chi connectivity index (χ0) is 16.1. The Bertz CT molecular complexity index is 948. The van der Waals surface area contributed by atoms with Crippen molar-refractivity contribution >= 4 is 26.9 Å². The molecule has 0 bridgehead atoms. The largest absolute Gasteiger partial charge is 0.332 e. The lowest BCUT2D eigenvalue weighted by molar-refractivity contribution is 0.595. The number of nitrogens with zero attached hydrogens (tertiary/aromatic N) is 3. The fraction of sp³-hybridized carbons (Fsp3) is 0.583. The summed E-state index contributed by atoms with van der Waals surface area (Å²) in [6.07, 6.45) is 2.76. The van der Waals surface area contributed by atoms with Gasteiger partial charge in [-0.2, -0.15) is 5.10 Å². The van der Waals surface area contributed by atoms with Crippen molar-refractivity contribution in [1.82, 2.24) is 19.3 Å². The Hall–Kier alpha value is -2.10. The van der Waals surface area contributed by atoms with Gasteiger partial charge in [0.25, 0.3) is 5.56 Å². The molecule has 2 aromatic heterocycles. The number of fused-ring (bicyclic) bond motifs is 1. The molecule has 3 rings (SSSR count). The molecule has 0 radical (unpaired) electrons. The van der Waals surface area contributed by atoms with Crippen LogP contribution in [0.4, 0.5) is 5.82 Å². The van der Waals surface area contributed by atoms with Crippen LogP contribution >= 0.6 is 0 Å². The summed E-state index contributed by atoms with van der Waals surface area (Å²) in [6.45, 7) is 0. The standard InChI is InChI=1S/C12H17N5O4S/c1-16-10-8(11(18)17(2)12(16)19)9(13-14-10)15-22(20,21)6-5-7-3-4-7/h7H,3-6H2,1-2H3,(H2,13,14,15). The SMILES string of the molecule is Cn1c(=O)c2c(NS(=O)(=O)CCC3CC3)[nH]nc2n(C)c1=O. The van der Waals surface area contributed by atoms with Gasteiger partial charge in [-0.25, -0.2) is 13.2 Å². The van der Waals surface area contributed by atoms with E-state index in [2.05, 4.69) is 14.9 Å². The Balaban J connectivity index is 2.01. The molecule has 2 N–H and O–H groups in total. The Kier molecular flexibility index (Phi) is 3.35. The summed E-state index contributed by atoms with van der Waals surface area (Å²) in [6, 6.07) is 0. The van der Waals surface area contributed by atoms with Crippen LogP contribution in [0.3, 0.4) is 0 Å². The van der Waals surface area contributed by atoms with Crippen LogP contribution in [-0.4, -0.2) is 33.5 Å². The van der Waals surface area contributed by atoms with Gasteiger partial charge in [0.05, 0.1) is 5.75 Å². The number of aryl methyl sites for hydroxylation is 1. The van der Waals surface area contributed by atoms with Gasteiger partial charge in [0.1, 0.15) is 11.2 Å². The molecule has 0 aromatic carbocycles. The molecular weight excluding hydrogens is 310 g/mol. The summed E-state index contributed by atoms with van der Waals surface area (Å²) >= 11 is 0. The average molecular weight is 327 g/mol. The molecule has 9 nitrogen and oxygen atoms in total. The topological polar surface area (TPSA) is 119 Å². The Morgan fingerprint density at radius 3 is 2.59 bits per heavy atom. The molecule has 0 aliphatic heterocycles. The molecule has 1 aliphatic rings. The van der Waals surface area contributed by atoms with Crippen LogP contribution in [0.2, 0.25) is 0 Å². The molecule has 1 fully saturated rings. The zero-order valence-corrected chi connectivity index (χ0v) is 13.1. The summed E-state index contributed by atoms with van der Waals surface area (Å²) in [7, 11) is -0.756. The molecule has 0 saturated heterocycles. The third-order valence-corrected chi connectivity index (χ3v) is 5.19. The number of aromatic amines is 1. The molecule has 0 spiro atoms. The maximum atomic E-state index is 12.2. The van der Waals surface area contributed by atoms with E-state index in [0.29, 0.717) is 12.3 Å². The molecular formula is C12H17N5O4S. The Labute approximate surface area is 126 Å². The van der Waals surface area contributed by atoms with Gasteiger partial charge >= 0.3 is 5.69 Å². The molecule has 1 aliphatic carbocycles. The van der Waals surface area contributed by atoms with Gasteiger partial charge in [-0.3, -0.25) is 23.7 Å². The van der Waals surface area contributed by atoms with Crippen LogP contribution in [0.25, 0.3) is 11.0 Å². The van der Waals surface area contributed by atoms with E-state index >= 15 is 0 Å². The van der Waals surface area contributed by atoms with E-state index in [9.17, 15) is 18.0 Å². The number of sulfonamides is 1. The maximum Gasteiger partial charge on any atom is 0.332 e. The van der Waals surface area contributed by atoms with Gasteiger partial charge in [0, 0.05) is 14.1 Å². The lowest BCUT2D eigenvalue weighted by atomic mass is 10.3. The molecule has 22 heavy (non-hydrogen) atoms. The van der Waals surface area contributed by atoms with Crippen molar-refractivity contribution < 1.29 is 8.42 Å². The average Bonchev–Trinajstić information content (AvgIpc) is 3.21.